The zero-order valence-electron chi connectivity index (χ0n) is 14.9. The molecule has 3 rings (SSSR count). The van der Waals surface area contributed by atoms with Crippen LogP contribution in [0.1, 0.15) is 11.1 Å². The molecule has 1 N–H and O–H groups in total. The van der Waals surface area contributed by atoms with E-state index in [1.807, 2.05) is 60.7 Å². The van der Waals surface area contributed by atoms with Crippen LogP contribution in [0.4, 0.5) is 14.5 Å². The molecule has 0 radical (unpaired) electrons. The Balaban J connectivity index is 1.81. The lowest BCUT2D eigenvalue weighted by Crippen LogP contribution is -2.39. The Morgan fingerprint density at radius 1 is 0.714 bits per heavy atom. The van der Waals surface area contributed by atoms with E-state index in [-0.39, 0.29) is 13.1 Å². The normalized spacial score (nSPS) is 10.4. The zero-order chi connectivity index (χ0) is 19.9. The number of carbonyl (C=O) groups excluding carboxylic acids is 2. The number of hydrogen-bond acceptors (Lipinski definition) is 2. The van der Waals surface area contributed by atoms with Gasteiger partial charge in [0.1, 0.15) is 17.3 Å². The van der Waals surface area contributed by atoms with Crippen LogP contribution in [0.25, 0.3) is 0 Å². The maximum absolute atomic E-state index is 13.8. The molecule has 28 heavy (non-hydrogen) atoms. The first-order valence-electron chi connectivity index (χ1n) is 8.66. The Bertz CT molecular complexity index is 901. The Kier molecular flexibility index (Phi) is 6.11. The van der Waals surface area contributed by atoms with E-state index in [0.717, 1.165) is 23.3 Å². The first kappa shape index (κ1) is 19.2. The van der Waals surface area contributed by atoms with Crippen molar-refractivity contribution >= 4 is 17.5 Å². The second-order valence-electron chi connectivity index (χ2n) is 6.18. The maximum Gasteiger partial charge on any atom is 0.314 e. The predicted molar refractivity (Wildman–Crippen MR) is 102 cm³/mol. The number of para-hydroxylation sites is 1. The van der Waals surface area contributed by atoms with Crippen molar-refractivity contribution in [2.75, 3.05) is 5.32 Å². The first-order valence-corrected chi connectivity index (χ1v) is 8.66. The quantitative estimate of drug-likeness (QED) is 0.677. The highest BCUT2D eigenvalue weighted by molar-refractivity contribution is 6.39. The lowest BCUT2D eigenvalue weighted by atomic mass is 10.1. The van der Waals surface area contributed by atoms with Gasteiger partial charge in [-0.15, -0.1) is 0 Å². The van der Waals surface area contributed by atoms with Gasteiger partial charge in [0.15, 0.2) is 0 Å². The molecule has 4 nitrogen and oxygen atoms in total. The van der Waals surface area contributed by atoms with Gasteiger partial charge in [0.2, 0.25) is 0 Å². The van der Waals surface area contributed by atoms with Gasteiger partial charge in [-0.2, -0.15) is 0 Å². The summed E-state index contributed by atoms with van der Waals surface area (Å²) in [6.07, 6.45) is 0. The van der Waals surface area contributed by atoms with Crippen LogP contribution in [0.2, 0.25) is 0 Å². The topological polar surface area (TPSA) is 49.4 Å². The van der Waals surface area contributed by atoms with Crippen LogP contribution in [-0.4, -0.2) is 16.7 Å². The van der Waals surface area contributed by atoms with Crippen molar-refractivity contribution in [1.29, 1.82) is 0 Å². The third kappa shape index (κ3) is 4.79. The van der Waals surface area contributed by atoms with Gasteiger partial charge in [-0.3, -0.25) is 9.59 Å². The molecule has 0 aliphatic heterocycles. The van der Waals surface area contributed by atoms with Crippen molar-refractivity contribution in [3.8, 4) is 0 Å². The van der Waals surface area contributed by atoms with Crippen LogP contribution < -0.4 is 5.32 Å². The van der Waals surface area contributed by atoms with Crippen LogP contribution in [0, 0.1) is 11.6 Å². The Hall–Kier alpha value is -3.54. The SMILES string of the molecule is O=C(Nc1c(F)cccc1F)C(=O)N(Cc1ccccc1)Cc1ccccc1. The van der Waals surface area contributed by atoms with Crippen molar-refractivity contribution in [3.63, 3.8) is 0 Å². The fourth-order valence-electron chi connectivity index (χ4n) is 2.73. The fourth-order valence-corrected chi connectivity index (χ4v) is 2.73. The van der Waals surface area contributed by atoms with Crippen molar-refractivity contribution in [1.82, 2.24) is 4.90 Å². The Morgan fingerprint density at radius 2 is 1.18 bits per heavy atom. The summed E-state index contributed by atoms with van der Waals surface area (Å²) in [5.41, 5.74) is 1.02. The molecule has 6 heteroatoms. The van der Waals surface area contributed by atoms with E-state index in [1.165, 1.54) is 11.0 Å². The van der Waals surface area contributed by atoms with E-state index in [1.54, 1.807) is 0 Å². The molecule has 142 valence electrons. The van der Waals surface area contributed by atoms with E-state index in [9.17, 15) is 18.4 Å². The second-order valence-corrected chi connectivity index (χ2v) is 6.18. The zero-order valence-corrected chi connectivity index (χ0v) is 14.9. The smallest absolute Gasteiger partial charge is 0.314 e. The minimum Gasteiger partial charge on any atom is -0.326 e. The van der Waals surface area contributed by atoms with Gasteiger partial charge in [0.25, 0.3) is 0 Å². The number of rotatable bonds is 5. The van der Waals surface area contributed by atoms with E-state index in [2.05, 4.69) is 5.32 Å². The molecule has 2 amide bonds. The third-order valence-electron chi connectivity index (χ3n) is 4.12. The Labute approximate surface area is 161 Å². The number of benzene rings is 3. The number of nitrogens with one attached hydrogen (secondary N) is 1. The van der Waals surface area contributed by atoms with Crippen molar-refractivity contribution < 1.29 is 18.4 Å². The molecule has 0 atom stereocenters. The molecular formula is C22H18F2N2O2. The number of carbonyl (C=O) groups is 2. The molecule has 0 heterocycles. The van der Waals surface area contributed by atoms with Gasteiger partial charge in [0, 0.05) is 13.1 Å². The van der Waals surface area contributed by atoms with Gasteiger partial charge in [-0.05, 0) is 23.3 Å². The summed E-state index contributed by atoms with van der Waals surface area (Å²) >= 11 is 0. The molecule has 0 unspecified atom stereocenters. The first-order chi connectivity index (χ1) is 13.5. The summed E-state index contributed by atoms with van der Waals surface area (Å²) in [5.74, 6) is -3.87. The molecular weight excluding hydrogens is 362 g/mol. The van der Waals surface area contributed by atoms with Crippen LogP contribution in [0.15, 0.2) is 78.9 Å². The molecule has 0 saturated heterocycles. The summed E-state index contributed by atoms with van der Waals surface area (Å²) in [7, 11) is 0. The van der Waals surface area contributed by atoms with Gasteiger partial charge in [0.05, 0.1) is 0 Å². The number of halogens is 2. The van der Waals surface area contributed by atoms with E-state index in [4.69, 9.17) is 0 Å². The van der Waals surface area contributed by atoms with Crippen LogP contribution >= 0.6 is 0 Å². The minimum atomic E-state index is -1.10. The minimum absolute atomic E-state index is 0.182. The largest absolute Gasteiger partial charge is 0.326 e. The molecule has 3 aromatic rings. The number of amides is 2. The van der Waals surface area contributed by atoms with Gasteiger partial charge < -0.3 is 10.2 Å². The summed E-state index contributed by atoms with van der Waals surface area (Å²) in [6, 6.07) is 21.5. The van der Waals surface area contributed by atoms with Gasteiger partial charge in [-0.1, -0.05) is 66.7 Å². The summed E-state index contributed by atoms with van der Waals surface area (Å²) < 4.78 is 27.6. The summed E-state index contributed by atoms with van der Waals surface area (Å²) in [6.45, 7) is 0.365. The van der Waals surface area contributed by atoms with Crippen molar-refractivity contribution in [2.45, 2.75) is 13.1 Å². The van der Waals surface area contributed by atoms with Crippen LogP contribution in [-0.2, 0) is 22.7 Å². The fraction of sp³-hybridized carbons (Fsp3) is 0.0909. The van der Waals surface area contributed by atoms with Crippen molar-refractivity contribution in [3.05, 3.63) is 102 Å². The highest BCUT2D eigenvalue weighted by Gasteiger charge is 2.24. The highest BCUT2D eigenvalue weighted by Crippen LogP contribution is 2.18. The molecule has 0 aromatic heterocycles. The van der Waals surface area contributed by atoms with Crippen LogP contribution in [0.5, 0.6) is 0 Å². The average Bonchev–Trinajstić information content (AvgIpc) is 2.71. The molecule has 0 spiro atoms. The van der Waals surface area contributed by atoms with Gasteiger partial charge >= 0.3 is 11.8 Å². The number of anilines is 1. The number of nitrogens with zero attached hydrogens (tertiary/aromatic N) is 1. The van der Waals surface area contributed by atoms with E-state index >= 15 is 0 Å². The monoisotopic (exact) mass is 380 g/mol. The summed E-state index contributed by atoms with van der Waals surface area (Å²) in [4.78, 5) is 26.5. The molecule has 0 aliphatic carbocycles. The third-order valence-corrected chi connectivity index (χ3v) is 4.12. The van der Waals surface area contributed by atoms with E-state index in [0.29, 0.717) is 0 Å². The lowest BCUT2D eigenvalue weighted by molar-refractivity contribution is -0.144. The van der Waals surface area contributed by atoms with Crippen molar-refractivity contribution in [2.24, 2.45) is 0 Å². The predicted octanol–water partition coefficient (Wildman–Crippen LogP) is 4.13. The molecule has 0 fully saturated rings. The number of hydrogen-bond donors (Lipinski definition) is 1. The van der Waals surface area contributed by atoms with Crippen LogP contribution in [0.3, 0.4) is 0 Å². The standard InChI is InChI=1S/C22H18F2N2O2/c23-18-12-7-13-19(24)20(18)25-21(27)22(28)26(14-16-8-3-1-4-9-16)15-17-10-5-2-6-11-17/h1-13H,14-15H2,(H,25,27). The summed E-state index contributed by atoms with van der Waals surface area (Å²) in [5, 5.41) is 2.05. The highest BCUT2D eigenvalue weighted by atomic mass is 19.1. The maximum atomic E-state index is 13.8. The van der Waals surface area contributed by atoms with Gasteiger partial charge in [-0.25, -0.2) is 8.78 Å². The molecule has 3 aromatic carbocycles. The molecule has 0 bridgehead atoms. The molecule has 0 aliphatic rings. The van der Waals surface area contributed by atoms with E-state index < -0.39 is 29.1 Å². The Morgan fingerprint density at radius 3 is 1.64 bits per heavy atom. The average molecular weight is 380 g/mol. The molecule has 0 saturated carbocycles. The second kappa shape index (κ2) is 8.90. The lowest BCUT2D eigenvalue weighted by Gasteiger charge is -2.22.